The number of aromatic nitrogens is 4. The molecule has 0 spiro atoms. The Kier molecular flexibility index (Phi) is 3.69. The van der Waals surface area contributed by atoms with Crippen LogP contribution >= 0.6 is 0 Å². The van der Waals surface area contributed by atoms with Crippen LogP contribution in [0.1, 0.15) is 5.82 Å². The Morgan fingerprint density at radius 3 is 2.80 bits per heavy atom. The quantitative estimate of drug-likeness (QED) is 0.867. The Labute approximate surface area is 116 Å². The molecule has 1 fully saturated rings. The van der Waals surface area contributed by atoms with E-state index in [1.165, 1.54) is 0 Å². The third kappa shape index (κ3) is 2.83. The Morgan fingerprint density at radius 2 is 2.05 bits per heavy atom. The maximum absolute atomic E-state index is 12.1. The summed E-state index contributed by atoms with van der Waals surface area (Å²) in [6.45, 7) is 2.49. The number of nitrogens with one attached hydrogen (secondary N) is 1. The molecule has 1 aliphatic heterocycles. The average molecular weight is 273 g/mol. The second-order valence-corrected chi connectivity index (χ2v) is 4.51. The highest BCUT2D eigenvalue weighted by molar-refractivity contribution is 5.78. The molecule has 7 nitrogen and oxygen atoms in total. The summed E-state index contributed by atoms with van der Waals surface area (Å²) < 4.78 is 5.23. The number of carbonyl (C=O) groups excluding carboxylic acids is 1. The van der Waals surface area contributed by atoms with Crippen molar-refractivity contribution in [2.75, 3.05) is 26.3 Å². The lowest BCUT2D eigenvalue weighted by atomic mass is 10.2. The number of morpholine rings is 1. The highest BCUT2D eigenvalue weighted by Gasteiger charge is 2.18. The number of pyridine rings is 1. The zero-order valence-corrected chi connectivity index (χ0v) is 11.0. The zero-order chi connectivity index (χ0) is 13.8. The van der Waals surface area contributed by atoms with Gasteiger partial charge in [-0.3, -0.25) is 14.9 Å². The predicted octanol–water partition coefficient (Wildman–Crippen LogP) is 0.268. The van der Waals surface area contributed by atoms with Crippen molar-refractivity contribution < 1.29 is 9.53 Å². The number of amides is 1. The summed E-state index contributed by atoms with van der Waals surface area (Å²) in [5.41, 5.74) is 0.876. The zero-order valence-electron chi connectivity index (χ0n) is 11.0. The molecule has 1 aliphatic rings. The molecule has 0 unspecified atom stereocenters. The van der Waals surface area contributed by atoms with E-state index in [4.69, 9.17) is 4.74 Å². The maximum Gasteiger partial charge on any atom is 0.230 e. The van der Waals surface area contributed by atoms with E-state index in [1.54, 1.807) is 17.3 Å². The summed E-state index contributed by atoms with van der Waals surface area (Å²) in [4.78, 5) is 22.2. The summed E-state index contributed by atoms with van der Waals surface area (Å²) in [7, 11) is 0. The first-order valence-electron chi connectivity index (χ1n) is 6.50. The summed E-state index contributed by atoms with van der Waals surface area (Å²) in [5, 5.41) is 6.94. The summed E-state index contributed by atoms with van der Waals surface area (Å²) in [6, 6.07) is 3.66. The SMILES string of the molecule is O=C(Cc1nc(-c2ccncc2)n[nH]1)N1CCOCC1. The maximum atomic E-state index is 12.1. The van der Waals surface area contributed by atoms with Gasteiger partial charge in [0.1, 0.15) is 5.82 Å². The second-order valence-electron chi connectivity index (χ2n) is 4.51. The lowest BCUT2D eigenvalue weighted by Crippen LogP contribution is -2.41. The van der Waals surface area contributed by atoms with Gasteiger partial charge in [0.2, 0.25) is 5.91 Å². The van der Waals surface area contributed by atoms with Crippen molar-refractivity contribution in [2.24, 2.45) is 0 Å². The molecule has 2 aromatic rings. The van der Waals surface area contributed by atoms with Crippen molar-refractivity contribution in [3.05, 3.63) is 30.4 Å². The number of hydrogen-bond acceptors (Lipinski definition) is 5. The van der Waals surface area contributed by atoms with Crippen LogP contribution in [0.2, 0.25) is 0 Å². The number of rotatable bonds is 3. The molecule has 1 saturated heterocycles. The molecular formula is C13H15N5O2. The van der Waals surface area contributed by atoms with E-state index in [1.807, 2.05) is 12.1 Å². The van der Waals surface area contributed by atoms with Crippen LogP contribution in [0.4, 0.5) is 0 Å². The van der Waals surface area contributed by atoms with Crippen LogP contribution in [0.3, 0.4) is 0 Å². The van der Waals surface area contributed by atoms with Gasteiger partial charge in [0.15, 0.2) is 5.82 Å². The van der Waals surface area contributed by atoms with Crippen LogP contribution in [0.25, 0.3) is 11.4 Å². The molecule has 104 valence electrons. The fourth-order valence-electron chi connectivity index (χ4n) is 2.07. The van der Waals surface area contributed by atoms with Crippen LogP contribution in [0.5, 0.6) is 0 Å². The summed E-state index contributed by atoms with van der Waals surface area (Å²) in [6.07, 6.45) is 3.60. The number of ether oxygens (including phenoxy) is 1. The highest BCUT2D eigenvalue weighted by atomic mass is 16.5. The van der Waals surface area contributed by atoms with Crippen molar-refractivity contribution >= 4 is 5.91 Å². The van der Waals surface area contributed by atoms with E-state index >= 15 is 0 Å². The molecule has 0 aliphatic carbocycles. The third-order valence-corrected chi connectivity index (χ3v) is 3.15. The first kappa shape index (κ1) is 12.7. The van der Waals surface area contributed by atoms with E-state index in [9.17, 15) is 4.79 Å². The first-order chi connectivity index (χ1) is 9.83. The number of carbonyl (C=O) groups is 1. The number of nitrogens with zero attached hydrogens (tertiary/aromatic N) is 4. The molecule has 1 N–H and O–H groups in total. The lowest BCUT2D eigenvalue weighted by Gasteiger charge is -2.26. The van der Waals surface area contributed by atoms with Crippen LogP contribution in [0, 0.1) is 0 Å². The van der Waals surface area contributed by atoms with Gasteiger partial charge in [-0.25, -0.2) is 4.98 Å². The molecule has 0 aromatic carbocycles. The molecular weight excluding hydrogens is 258 g/mol. The van der Waals surface area contributed by atoms with E-state index in [-0.39, 0.29) is 12.3 Å². The van der Waals surface area contributed by atoms with Gasteiger partial charge >= 0.3 is 0 Å². The summed E-state index contributed by atoms with van der Waals surface area (Å²) in [5.74, 6) is 1.20. The number of aromatic amines is 1. The molecule has 3 heterocycles. The van der Waals surface area contributed by atoms with Crippen molar-refractivity contribution in [2.45, 2.75) is 6.42 Å². The lowest BCUT2D eigenvalue weighted by molar-refractivity contribution is -0.134. The van der Waals surface area contributed by atoms with Crippen molar-refractivity contribution in [1.29, 1.82) is 0 Å². The van der Waals surface area contributed by atoms with Gasteiger partial charge in [-0.15, -0.1) is 0 Å². The Hall–Kier alpha value is -2.28. The van der Waals surface area contributed by atoms with Crippen molar-refractivity contribution in [1.82, 2.24) is 25.1 Å². The highest BCUT2D eigenvalue weighted by Crippen LogP contribution is 2.13. The number of H-pyrrole nitrogens is 1. The fraction of sp³-hybridized carbons (Fsp3) is 0.385. The molecule has 0 atom stereocenters. The molecule has 0 radical (unpaired) electrons. The third-order valence-electron chi connectivity index (χ3n) is 3.15. The Balaban J connectivity index is 1.66. The van der Waals surface area contributed by atoms with Gasteiger partial charge < -0.3 is 9.64 Å². The minimum Gasteiger partial charge on any atom is -0.378 e. The molecule has 1 amide bonds. The van der Waals surface area contributed by atoms with Gasteiger partial charge in [-0.2, -0.15) is 5.10 Å². The van der Waals surface area contributed by atoms with E-state index in [2.05, 4.69) is 20.2 Å². The Bertz CT molecular complexity index is 577. The van der Waals surface area contributed by atoms with E-state index in [0.717, 1.165) is 5.56 Å². The fourth-order valence-corrected chi connectivity index (χ4v) is 2.07. The molecule has 7 heteroatoms. The second kappa shape index (κ2) is 5.79. The molecule has 3 rings (SSSR count). The Morgan fingerprint density at radius 1 is 1.30 bits per heavy atom. The van der Waals surface area contributed by atoms with Crippen molar-refractivity contribution in [3.8, 4) is 11.4 Å². The minimum atomic E-state index is 0.0470. The number of hydrogen-bond donors (Lipinski definition) is 1. The van der Waals surface area contributed by atoms with Crippen LogP contribution in [-0.4, -0.2) is 57.3 Å². The molecule has 0 saturated carbocycles. The van der Waals surface area contributed by atoms with Gasteiger partial charge in [0, 0.05) is 31.0 Å². The average Bonchev–Trinajstić information content (AvgIpc) is 2.97. The van der Waals surface area contributed by atoms with Crippen LogP contribution in [0.15, 0.2) is 24.5 Å². The largest absolute Gasteiger partial charge is 0.378 e. The molecule has 20 heavy (non-hydrogen) atoms. The normalized spacial score (nSPS) is 15.3. The first-order valence-corrected chi connectivity index (χ1v) is 6.50. The van der Waals surface area contributed by atoms with Crippen LogP contribution in [-0.2, 0) is 16.0 Å². The van der Waals surface area contributed by atoms with E-state index < -0.39 is 0 Å². The molecule has 0 bridgehead atoms. The smallest absolute Gasteiger partial charge is 0.230 e. The van der Waals surface area contributed by atoms with Crippen LogP contribution < -0.4 is 0 Å². The van der Waals surface area contributed by atoms with Crippen molar-refractivity contribution in [3.63, 3.8) is 0 Å². The predicted molar refractivity (Wildman–Crippen MR) is 70.7 cm³/mol. The summed E-state index contributed by atoms with van der Waals surface area (Å²) >= 11 is 0. The monoisotopic (exact) mass is 273 g/mol. The van der Waals surface area contributed by atoms with E-state index in [0.29, 0.717) is 38.0 Å². The van der Waals surface area contributed by atoms with Gasteiger partial charge in [-0.1, -0.05) is 0 Å². The molecule has 2 aromatic heterocycles. The van der Waals surface area contributed by atoms with Gasteiger partial charge in [0.25, 0.3) is 0 Å². The standard InChI is InChI=1S/C13H15N5O2/c19-12(18-5-7-20-8-6-18)9-11-15-13(17-16-11)10-1-3-14-4-2-10/h1-4H,5-9H2,(H,15,16,17). The topological polar surface area (TPSA) is 84.0 Å². The minimum absolute atomic E-state index is 0.0470. The van der Waals surface area contributed by atoms with Gasteiger partial charge in [-0.05, 0) is 12.1 Å². The van der Waals surface area contributed by atoms with Gasteiger partial charge in [0.05, 0.1) is 19.6 Å².